The SMILES string of the molecule is CCOC(=O)c1cnc(C(F)F)c(C)c1[N+](=O)[O-]. The minimum Gasteiger partial charge on any atom is -0.462 e. The van der Waals surface area contributed by atoms with Gasteiger partial charge in [-0.2, -0.15) is 0 Å². The van der Waals surface area contributed by atoms with Crippen LogP contribution in [0.4, 0.5) is 14.5 Å². The van der Waals surface area contributed by atoms with Crippen LogP contribution >= 0.6 is 0 Å². The maximum Gasteiger partial charge on any atom is 0.346 e. The highest BCUT2D eigenvalue weighted by atomic mass is 19.3. The number of rotatable bonds is 4. The van der Waals surface area contributed by atoms with Gasteiger partial charge < -0.3 is 4.74 Å². The number of pyridine rings is 1. The molecule has 0 aliphatic rings. The van der Waals surface area contributed by atoms with Gasteiger partial charge in [-0.3, -0.25) is 15.1 Å². The fourth-order valence-electron chi connectivity index (χ4n) is 1.43. The van der Waals surface area contributed by atoms with Gasteiger partial charge in [0.2, 0.25) is 0 Å². The van der Waals surface area contributed by atoms with Crippen molar-refractivity contribution in [2.75, 3.05) is 6.61 Å². The Kier molecular flexibility index (Phi) is 4.24. The van der Waals surface area contributed by atoms with Crippen LogP contribution in [0.5, 0.6) is 0 Å². The monoisotopic (exact) mass is 260 g/mol. The van der Waals surface area contributed by atoms with Crippen molar-refractivity contribution in [3.05, 3.63) is 33.1 Å². The predicted octanol–water partition coefficient (Wildman–Crippen LogP) is 2.41. The molecule has 0 unspecified atom stereocenters. The summed E-state index contributed by atoms with van der Waals surface area (Å²) < 4.78 is 29.7. The van der Waals surface area contributed by atoms with Gasteiger partial charge in [-0.25, -0.2) is 13.6 Å². The Balaban J connectivity index is 3.41. The van der Waals surface area contributed by atoms with Gasteiger partial charge in [-0.1, -0.05) is 0 Å². The van der Waals surface area contributed by atoms with E-state index in [0.29, 0.717) is 0 Å². The summed E-state index contributed by atoms with van der Waals surface area (Å²) in [6, 6.07) is 0. The van der Waals surface area contributed by atoms with Crippen LogP contribution < -0.4 is 0 Å². The molecule has 6 nitrogen and oxygen atoms in total. The highest BCUT2D eigenvalue weighted by Crippen LogP contribution is 2.30. The fourth-order valence-corrected chi connectivity index (χ4v) is 1.43. The number of esters is 1. The van der Waals surface area contributed by atoms with E-state index in [-0.39, 0.29) is 12.2 Å². The van der Waals surface area contributed by atoms with Gasteiger partial charge in [0.15, 0.2) is 5.56 Å². The summed E-state index contributed by atoms with van der Waals surface area (Å²) in [6.07, 6.45) is -2.20. The van der Waals surface area contributed by atoms with Gasteiger partial charge in [0, 0.05) is 6.20 Å². The second kappa shape index (κ2) is 5.48. The number of carbonyl (C=O) groups is 1. The van der Waals surface area contributed by atoms with Crippen molar-refractivity contribution in [3.63, 3.8) is 0 Å². The summed E-state index contributed by atoms with van der Waals surface area (Å²) in [5.74, 6) is -0.958. The van der Waals surface area contributed by atoms with Crippen LogP contribution in [0.25, 0.3) is 0 Å². The first-order valence-electron chi connectivity index (χ1n) is 4.99. The minimum absolute atomic E-state index is 0.0195. The first-order valence-corrected chi connectivity index (χ1v) is 4.99. The van der Waals surface area contributed by atoms with Crippen molar-refractivity contribution in [1.29, 1.82) is 0 Å². The number of ether oxygens (including phenoxy) is 1. The van der Waals surface area contributed by atoms with E-state index in [2.05, 4.69) is 9.72 Å². The number of hydrogen-bond donors (Lipinski definition) is 0. The number of alkyl halides is 2. The third-order valence-corrected chi connectivity index (χ3v) is 2.21. The molecular formula is C10H10F2N2O4. The molecule has 1 heterocycles. The maximum absolute atomic E-state index is 12.6. The molecule has 1 rings (SSSR count). The average molecular weight is 260 g/mol. The fraction of sp³-hybridized carbons (Fsp3) is 0.400. The minimum atomic E-state index is -2.94. The zero-order valence-electron chi connectivity index (χ0n) is 9.65. The predicted molar refractivity (Wildman–Crippen MR) is 56.5 cm³/mol. The van der Waals surface area contributed by atoms with Crippen LogP contribution in [0.1, 0.15) is 35.0 Å². The zero-order valence-corrected chi connectivity index (χ0v) is 9.65. The van der Waals surface area contributed by atoms with Crippen LogP contribution in [-0.4, -0.2) is 22.5 Å². The van der Waals surface area contributed by atoms with Gasteiger partial charge in [-0.15, -0.1) is 0 Å². The Morgan fingerprint density at radius 2 is 2.22 bits per heavy atom. The molecule has 0 saturated carbocycles. The van der Waals surface area contributed by atoms with Gasteiger partial charge >= 0.3 is 5.97 Å². The molecule has 0 fully saturated rings. The van der Waals surface area contributed by atoms with E-state index in [9.17, 15) is 23.7 Å². The molecule has 8 heteroatoms. The molecule has 0 N–H and O–H groups in total. The largest absolute Gasteiger partial charge is 0.462 e. The number of nitro groups is 1. The van der Waals surface area contributed by atoms with E-state index in [1.54, 1.807) is 0 Å². The second-order valence-corrected chi connectivity index (χ2v) is 3.31. The number of halogens is 2. The Bertz CT molecular complexity index is 491. The first kappa shape index (κ1) is 13.9. The van der Waals surface area contributed by atoms with E-state index in [4.69, 9.17) is 0 Å². The smallest absolute Gasteiger partial charge is 0.346 e. The van der Waals surface area contributed by atoms with E-state index in [0.717, 1.165) is 13.1 Å². The third-order valence-electron chi connectivity index (χ3n) is 2.21. The average Bonchev–Trinajstić information content (AvgIpc) is 2.27. The topological polar surface area (TPSA) is 82.3 Å². The van der Waals surface area contributed by atoms with Crippen LogP contribution in [-0.2, 0) is 4.74 Å². The molecule has 0 spiro atoms. The van der Waals surface area contributed by atoms with Crippen LogP contribution in [0.15, 0.2) is 6.20 Å². The number of nitrogens with zero attached hydrogens (tertiary/aromatic N) is 2. The van der Waals surface area contributed by atoms with Crippen molar-refractivity contribution in [2.45, 2.75) is 20.3 Å². The molecule has 0 aliphatic carbocycles. The Hall–Kier alpha value is -2.12. The van der Waals surface area contributed by atoms with E-state index < -0.39 is 34.3 Å². The molecule has 1 aromatic rings. The number of aromatic nitrogens is 1. The van der Waals surface area contributed by atoms with Gasteiger partial charge in [0.1, 0.15) is 5.69 Å². The lowest BCUT2D eigenvalue weighted by molar-refractivity contribution is -0.385. The van der Waals surface area contributed by atoms with E-state index >= 15 is 0 Å². The molecule has 0 bridgehead atoms. The Morgan fingerprint density at radius 1 is 1.61 bits per heavy atom. The summed E-state index contributed by atoms with van der Waals surface area (Å²) in [6.45, 7) is 2.67. The van der Waals surface area contributed by atoms with Crippen LogP contribution in [0.3, 0.4) is 0 Å². The standard InChI is InChI=1S/C10H10F2N2O4/c1-3-18-10(15)6-4-13-7(9(11)12)5(2)8(6)14(16)17/h4,9H,3H2,1-2H3. The van der Waals surface area contributed by atoms with Crippen LogP contribution in [0.2, 0.25) is 0 Å². The van der Waals surface area contributed by atoms with E-state index in [1.807, 2.05) is 0 Å². The lowest BCUT2D eigenvalue weighted by Crippen LogP contribution is -2.11. The first-order chi connectivity index (χ1) is 8.40. The molecule has 0 saturated heterocycles. The molecule has 0 radical (unpaired) electrons. The van der Waals surface area contributed by atoms with Gasteiger partial charge in [0.25, 0.3) is 12.1 Å². The summed E-state index contributed by atoms with van der Waals surface area (Å²) in [7, 11) is 0. The van der Waals surface area contributed by atoms with Crippen molar-refractivity contribution >= 4 is 11.7 Å². The van der Waals surface area contributed by atoms with E-state index in [1.165, 1.54) is 6.92 Å². The number of hydrogen-bond acceptors (Lipinski definition) is 5. The third kappa shape index (κ3) is 2.58. The quantitative estimate of drug-likeness (QED) is 0.471. The summed E-state index contributed by atoms with van der Waals surface area (Å²) in [4.78, 5) is 24.8. The lowest BCUT2D eigenvalue weighted by Gasteiger charge is -2.08. The highest BCUT2D eigenvalue weighted by Gasteiger charge is 2.29. The normalized spacial score (nSPS) is 10.5. The molecule has 1 aromatic heterocycles. The summed E-state index contributed by atoms with van der Waals surface area (Å²) in [5.41, 5.74) is -2.17. The molecule has 0 aromatic carbocycles. The van der Waals surface area contributed by atoms with Crippen molar-refractivity contribution in [3.8, 4) is 0 Å². The second-order valence-electron chi connectivity index (χ2n) is 3.31. The summed E-state index contributed by atoms with van der Waals surface area (Å²) >= 11 is 0. The van der Waals surface area contributed by atoms with Gasteiger partial charge in [0.05, 0.1) is 17.1 Å². The number of carbonyl (C=O) groups excluding carboxylic acids is 1. The molecule has 98 valence electrons. The van der Waals surface area contributed by atoms with Crippen molar-refractivity contribution in [1.82, 2.24) is 4.98 Å². The molecule has 0 amide bonds. The Morgan fingerprint density at radius 3 is 2.67 bits per heavy atom. The maximum atomic E-state index is 12.6. The van der Waals surface area contributed by atoms with Crippen molar-refractivity contribution in [2.24, 2.45) is 0 Å². The molecule has 0 atom stereocenters. The van der Waals surface area contributed by atoms with Crippen molar-refractivity contribution < 1.29 is 23.2 Å². The molecule has 0 aliphatic heterocycles. The molecule has 18 heavy (non-hydrogen) atoms. The van der Waals surface area contributed by atoms with Gasteiger partial charge in [-0.05, 0) is 13.8 Å². The van der Waals surface area contributed by atoms with Crippen LogP contribution in [0, 0.1) is 17.0 Å². The Labute approximate surface area is 101 Å². The molecular weight excluding hydrogens is 250 g/mol. The zero-order chi connectivity index (χ0) is 13.9. The summed E-state index contributed by atoms with van der Waals surface area (Å²) in [5, 5.41) is 10.9. The highest BCUT2D eigenvalue weighted by molar-refractivity contribution is 5.94. The lowest BCUT2D eigenvalue weighted by atomic mass is 10.1.